The number of piperazine rings is 1. The average molecular weight is 337 g/mol. The van der Waals surface area contributed by atoms with Crippen LogP contribution in [-0.2, 0) is 11.2 Å². The van der Waals surface area contributed by atoms with Crippen LogP contribution in [0.3, 0.4) is 0 Å². The minimum absolute atomic E-state index is 0.193. The Balaban J connectivity index is 1.56. The molecule has 3 heterocycles. The maximum absolute atomic E-state index is 12.5. The SMILES string of the molecule is CN1CCN([C@H]2CCN(C(=O)Cc3cccs3)CC[C@@H]2O)CC1. The van der Waals surface area contributed by atoms with Crippen molar-refractivity contribution in [1.82, 2.24) is 14.7 Å². The summed E-state index contributed by atoms with van der Waals surface area (Å²) < 4.78 is 0. The predicted molar refractivity (Wildman–Crippen MR) is 92.7 cm³/mol. The number of amides is 1. The Labute approximate surface area is 142 Å². The number of rotatable bonds is 3. The molecule has 2 aliphatic rings. The van der Waals surface area contributed by atoms with Gasteiger partial charge in [0, 0.05) is 50.2 Å². The predicted octanol–water partition coefficient (Wildman–Crippen LogP) is 0.890. The van der Waals surface area contributed by atoms with Crippen molar-refractivity contribution in [3.8, 4) is 0 Å². The molecule has 1 N–H and O–H groups in total. The average Bonchev–Trinajstić information content (AvgIpc) is 2.97. The molecular formula is C17H27N3O2S. The number of hydrogen-bond acceptors (Lipinski definition) is 5. The first-order valence-corrected chi connectivity index (χ1v) is 9.42. The number of aliphatic hydroxyl groups excluding tert-OH is 1. The lowest BCUT2D eigenvalue weighted by atomic mass is 10.0. The molecule has 0 saturated carbocycles. The highest BCUT2D eigenvalue weighted by Crippen LogP contribution is 2.20. The van der Waals surface area contributed by atoms with Crippen LogP contribution in [-0.4, -0.2) is 84.2 Å². The Morgan fingerprint density at radius 1 is 1.22 bits per heavy atom. The first kappa shape index (κ1) is 16.9. The molecule has 0 spiro atoms. The van der Waals surface area contributed by atoms with Crippen molar-refractivity contribution in [2.75, 3.05) is 46.3 Å². The Morgan fingerprint density at radius 2 is 1.96 bits per heavy atom. The van der Waals surface area contributed by atoms with E-state index in [1.54, 1.807) is 11.3 Å². The van der Waals surface area contributed by atoms with E-state index in [4.69, 9.17) is 0 Å². The topological polar surface area (TPSA) is 47.0 Å². The van der Waals surface area contributed by atoms with Crippen molar-refractivity contribution in [3.63, 3.8) is 0 Å². The molecule has 2 fully saturated rings. The molecule has 2 atom stereocenters. The lowest BCUT2D eigenvalue weighted by molar-refractivity contribution is -0.130. The van der Waals surface area contributed by atoms with Gasteiger partial charge in [-0.05, 0) is 31.3 Å². The van der Waals surface area contributed by atoms with Gasteiger partial charge in [0.25, 0.3) is 0 Å². The molecule has 2 aliphatic heterocycles. The number of carbonyl (C=O) groups is 1. The van der Waals surface area contributed by atoms with Crippen molar-refractivity contribution in [1.29, 1.82) is 0 Å². The zero-order chi connectivity index (χ0) is 16.2. The number of likely N-dealkylation sites (tertiary alicyclic amines) is 1. The zero-order valence-corrected chi connectivity index (χ0v) is 14.7. The van der Waals surface area contributed by atoms with Crippen LogP contribution in [0.4, 0.5) is 0 Å². The molecule has 6 heteroatoms. The number of likely N-dealkylation sites (N-methyl/N-ethyl adjacent to an activating group) is 1. The van der Waals surface area contributed by atoms with E-state index in [-0.39, 0.29) is 18.1 Å². The van der Waals surface area contributed by atoms with E-state index in [9.17, 15) is 9.90 Å². The van der Waals surface area contributed by atoms with Crippen LogP contribution < -0.4 is 0 Å². The van der Waals surface area contributed by atoms with Crippen molar-refractivity contribution in [2.45, 2.75) is 31.4 Å². The summed E-state index contributed by atoms with van der Waals surface area (Å²) in [5.74, 6) is 0.193. The van der Waals surface area contributed by atoms with Gasteiger partial charge in [-0.3, -0.25) is 9.69 Å². The van der Waals surface area contributed by atoms with Gasteiger partial charge >= 0.3 is 0 Å². The summed E-state index contributed by atoms with van der Waals surface area (Å²) in [4.78, 5) is 20.3. The first-order chi connectivity index (χ1) is 11.1. The largest absolute Gasteiger partial charge is 0.391 e. The van der Waals surface area contributed by atoms with Gasteiger partial charge in [-0.2, -0.15) is 0 Å². The van der Waals surface area contributed by atoms with Gasteiger partial charge in [0.2, 0.25) is 5.91 Å². The summed E-state index contributed by atoms with van der Waals surface area (Å²) in [6.45, 7) is 5.59. The second kappa shape index (κ2) is 7.75. The standard InChI is InChI=1S/C17H27N3O2S/c1-18-8-10-19(11-9-18)15-4-6-20(7-5-16(15)21)17(22)13-14-3-2-12-23-14/h2-3,12,15-16,21H,4-11,13H2,1H3/t15-,16-/m0/s1. The van der Waals surface area contributed by atoms with Gasteiger partial charge in [-0.15, -0.1) is 11.3 Å². The monoisotopic (exact) mass is 337 g/mol. The molecular weight excluding hydrogens is 310 g/mol. The third-order valence-electron chi connectivity index (χ3n) is 5.10. The maximum Gasteiger partial charge on any atom is 0.227 e. The highest BCUT2D eigenvalue weighted by Gasteiger charge is 2.32. The summed E-state index contributed by atoms with van der Waals surface area (Å²) in [6.07, 6.45) is 1.74. The van der Waals surface area contributed by atoms with Crippen LogP contribution in [0.25, 0.3) is 0 Å². The van der Waals surface area contributed by atoms with Crippen LogP contribution in [0.15, 0.2) is 17.5 Å². The highest BCUT2D eigenvalue weighted by molar-refractivity contribution is 7.10. The molecule has 128 valence electrons. The molecule has 0 unspecified atom stereocenters. The lowest BCUT2D eigenvalue weighted by Crippen LogP contribution is -2.52. The van der Waals surface area contributed by atoms with E-state index in [1.807, 2.05) is 22.4 Å². The third kappa shape index (κ3) is 4.32. The summed E-state index contributed by atoms with van der Waals surface area (Å²) in [5.41, 5.74) is 0. The third-order valence-corrected chi connectivity index (χ3v) is 5.98. The Kier molecular flexibility index (Phi) is 5.69. The summed E-state index contributed by atoms with van der Waals surface area (Å²) in [6, 6.07) is 4.20. The van der Waals surface area contributed by atoms with Crippen LogP contribution in [0, 0.1) is 0 Å². The summed E-state index contributed by atoms with van der Waals surface area (Å²) in [5, 5.41) is 12.5. The van der Waals surface area contributed by atoms with E-state index < -0.39 is 0 Å². The molecule has 1 aromatic rings. The molecule has 1 amide bonds. The quantitative estimate of drug-likeness (QED) is 0.890. The Bertz CT molecular complexity index is 500. The summed E-state index contributed by atoms with van der Waals surface area (Å²) >= 11 is 1.63. The first-order valence-electron chi connectivity index (χ1n) is 8.54. The van der Waals surface area contributed by atoms with Gasteiger partial charge in [-0.1, -0.05) is 6.07 Å². The second-order valence-electron chi connectivity index (χ2n) is 6.69. The van der Waals surface area contributed by atoms with E-state index in [2.05, 4.69) is 16.8 Å². The smallest absolute Gasteiger partial charge is 0.227 e. The molecule has 0 aliphatic carbocycles. The lowest BCUT2D eigenvalue weighted by Gasteiger charge is -2.39. The molecule has 23 heavy (non-hydrogen) atoms. The van der Waals surface area contributed by atoms with Crippen molar-refractivity contribution < 1.29 is 9.90 Å². The summed E-state index contributed by atoms with van der Waals surface area (Å²) in [7, 11) is 2.14. The molecule has 0 aromatic carbocycles. The number of nitrogens with zero attached hydrogens (tertiary/aromatic N) is 3. The van der Waals surface area contributed by atoms with E-state index >= 15 is 0 Å². The van der Waals surface area contributed by atoms with Crippen LogP contribution in [0.1, 0.15) is 17.7 Å². The van der Waals surface area contributed by atoms with Crippen molar-refractivity contribution in [3.05, 3.63) is 22.4 Å². The molecule has 5 nitrogen and oxygen atoms in total. The van der Waals surface area contributed by atoms with Crippen LogP contribution in [0.2, 0.25) is 0 Å². The van der Waals surface area contributed by atoms with E-state index in [0.717, 1.165) is 44.0 Å². The van der Waals surface area contributed by atoms with Crippen molar-refractivity contribution in [2.24, 2.45) is 0 Å². The fourth-order valence-corrected chi connectivity index (χ4v) is 4.27. The molecule has 3 rings (SSSR count). The number of hydrogen-bond donors (Lipinski definition) is 1. The van der Waals surface area contributed by atoms with Crippen LogP contribution >= 0.6 is 11.3 Å². The van der Waals surface area contributed by atoms with E-state index in [1.165, 1.54) is 0 Å². The zero-order valence-electron chi connectivity index (χ0n) is 13.9. The number of aliphatic hydroxyl groups is 1. The number of carbonyl (C=O) groups excluding carboxylic acids is 1. The normalized spacial score (nSPS) is 27.8. The molecule has 0 bridgehead atoms. The van der Waals surface area contributed by atoms with E-state index in [0.29, 0.717) is 19.4 Å². The fraction of sp³-hybridized carbons (Fsp3) is 0.706. The number of thiophene rings is 1. The molecule has 1 aromatic heterocycles. The van der Waals surface area contributed by atoms with Crippen molar-refractivity contribution >= 4 is 17.2 Å². The highest BCUT2D eigenvalue weighted by atomic mass is 32.1. The van der Waals surface area contributed by atoms with Crippen LogP contribution in [0.5, 0.6) is 0 Å². The van der Waals surface area contributed by atoms with Gasteiger partial charge < -0.3 is 14.9 Å². The Morgan fingerprint density at radius 3 is 2.65 bits per heavy atom. The maximum atomic E-state index is 12.5. The van der Waals surface area contributed by atoms with Gasteiger partial charge in [-0.25, -0.2) is 0 Å². The van der Waals surface area contributed by atoms with Gasteiger partial charge in [0.1, 0.15) is 0 Å². The molecule has 0 radical (unpaired) electrons. The van der Waals surface area contributed by atoms with Gasteiger partial charge in [0.15, 0.2) is 0 Å². The minimum Gasteiger partial charge on any atom is -0.391 e. The molecule has 2 saturated heterocycles. The fourth-order valence-electron chi connectivity index (χ4n) is 3.58. The van der Waals surface area contributed by atoms with Gasteiger partial charge in [0.05, 0.1) is 12.5 Å². The minimum atomic E-state index is -0.321. The Hall–Kier alpha value is -0.950. The second-order valence-corrected chi connectivity index (χ2v) is 7.72.